The van der Waals surface area contributed by atoms with E-state index in [1.165, 1.54) is 19.2 Å². The topological polar surface area (TPSA) is 66.5 Å². The molecule has 0 bridgehead atoms. The number of rotatable bonds is 3. The second-order valence-corrected chi connectivity index (χ2v) is 6.60. The van der Waals surface area contributed by atoms with Gasteiger partial charge >= 0.3 is 0 Å². The highest BCUT2D eigenvalue weighted by molar-refractivity contribution is 9.10. The van der Waals surface area contributed by atoms with Gasteiger partial charge in [0.1, 0.15) is 0 Å². The molecule has 0 aromatic heterocycles. The third-order valence-corrected chi connectivity index (χ3v) is 4.54. The minimum Gasteiger partial charge on any atom is -0.346 e. The molecule has 122 valence electrons. The Kier molecular flexibility index (Phi) is 4.24. The number of carbonyl (C=O) groups is 3. The fourth-order valence-corrected chi connectivity index (χ4v) is 3.06. The van der Waals surface area contributed by atoms with Crippen LogP contribution in [-0.4, -0.2) is 29.7 Å². The number of nitrogens with zero attached hydrogens (tertiary/aromatic N) is 1. The zero-order chi connectivity index (χ0) is 17.4. The first-order valence-corrected chi connectivity index (χ1v) is 8.20. The molecule has 3 amide bonds. The molecule has 24 heavy (non-hydrogen) atoms. The van der Waals surface area contributed by atoms with Gasteiger partial charge in [-0.25, -0.2) is 0 Å². The monoisotopic (exact) mass is 386 g/mol. The van der Waals surface area contributed by atoms with Gasteiger partial charge in [-0.1, -0.05) is 28.1 Å². The Morgan fingerprint density at radius 2 is 1.79 bits per heavy atom. The highest BCUT2D eigenvalue weighted by atomic mass is 79.9. The van der Waals surface area contributed by atoms with E-state index in [1.54, 1.807) is 6.07 Å². The summed E-state index contributed by atoms with van der Waals surface area (Å²) in [5, 5.41) is 2.90. The van der Waals surface area contributed by atoms with E-state index in [-0.39, 0.29) is 29.3 Å². The summed E-state index contributed by atoms with van der Waals surface area (Å²) in [6, 6.07) is 12.0. The van der Waals surface area contributed by atoms with Crippen LogP contribution in [-0.2, 0) is 0 Å². The second-order valence-electron chi connectivity index (χ2n) is 5.68. The molecule has 0 fully saturated rings. The average Bonchev–Trinajstić information content (AvgIpc) is 2.79. The van der Waals surface area contributed by atoms with Gasteiger partial charge in [-0.15, -0.1) is 0 Å². The molecule has 1 atom stereocenters. The van der Waals surface area contributed by atoms with E-state index in [9.17, 15) is 14.4 Å². The van der Waals surface area contributed by atoms with Gasteiger partial charge in [-0.3, -0.25) is 19.3 Å². The molecule has 1 heterocycles. The molecule has 0 saturated heterocycles. The Labute approximate surface area is 147 Å². The second kappa shape index (κ2) is 6.20. The fourth-order valence-electron chi connectivity index (χ4n) is 2.64. The Bertz CT molecular complexity index is 863. The maximum absolute atomic E-state index is 12.5. The summed E-state index contributed by atoms with van der Waals surface area (Å²) in [4.78, 5) is 37.4. The zero-order valence-electron chi connectivity index (χ0n) is 13.2. The van der Waals surface area contributed by atoms with Gasteiger partial charge in [0.15, 0.2) is 0 Å². The van der Waals surface area contributed by atoms with E-state index in [2.05, 4.69) is 21.2 Å². The van der Waals surface area contributed by atoms with E-state index in [4.69, 9.17) is 0 Å². The lowest BCUT2D eigenvalue weighted by atomic mass is 10.0. The van der Waals surface area contributed by atoms with Crippen LogP contribution in [0.1, 0.15) is 49.6 Å². The van der Waals surface area contributed by atoms with E-state index in [1.807, 2.05) is 31.2 Å². The van der Waals surface area contributed by atoms with Crippen LogP contribution >= 0.6 is 15.9 Å². The minimum atomic E-state index is -0.385. The predicted molar refractivity (Wildman–Crippen MR) is 92.9 cm³/mol. The van der Waals surface area contributed by atoms with Crippen molar-refractivity contribution in [1.29, 1.82) is 0 Å². The lowest BCUT2D eigenvalue weighted by molar-refractivity contribution is 0.0693. The maximum atomic E-state index is 12.5. The standard InChI is InChI=1S/C18H15BrN2O3/c1-10(11-4-3-5-13(19)8-11)20-16(22)12-6-7-14-15(9-12)18(24)21(2)17(14)23/h3-10H,1-2H3,(H,20,22)/t10-/m0/s1. The maximum Gasteiger partial charge on any atom is 0.261 e. The molecule has 0 saturated carbocycles. The van der Waals surface area contributed by atoms with E-state index in [0.717, 1.165) is 14.9 Å². The van der Waals surface area contributed by atoms with Gasteiger partial charge in [0.25, 0.3) is 17.7 Å². The Morgan fingerprint density at radius 3 is 2.50 bits per heavy atom. The summed E-state index contributed by atoms with van der Waals surface area (Å²) >= 11 is 3.41. The molecule has 0 aliphatic carbocycles. The number of nitrogens with one attached hydrogen (secondary N) is 1. The van der Waals surface area contributed by atoms with Gasteiger partial charge in [-0.2, -0.15) is 0 Å². The number of carbonyl (C=O) groups excluding carboxylic acids is 3. The van der Waals surface area contributed by atoms with Crippen molar-refractivity contribution in [2.75, 3.05) is 7.05 Å². The number of hydrogen-bond donors (Lipinski definition) is 1. The largest absolute Gasteiger partial charge is 0.346 e. The zero-order valence-corrected chi connectivity index (χ0v) is 14.8. The molecule has 6 heteroatoms. The van der Waals surface area contributed by atoms with Crippen molar-refractivity contribution in [3.05, 3.63) is 69.2 Å². The van der Waals surface area contributed by atoms with Crippen LogP contribution < -0.4 is 5.32 Å². The van der Waals surface area contributed by atoms with Gasteiger partial charge in [0, 0.05) is 17.1 Å². The van der Waals surface area contributed by atoms with Crippen LogP contribution in [0.5, 0.6) is 0 Å². The third-order valence-electron chi connectivity index (χ3n) is 4.05. The number of imide groups is 1. The molecule has 1 aliphatic rings. The fraction of sp³-hybridized carbons (Fsp3) is 0.167. The lowest BCUT2D eigenvalue weighted by Gasteiger charge is -2.15. The molecule has 0 spiro atoms. The summed E-state index contributed by atoms with van der Waals surface area (Å²) in [6.07, 6.45) is 0. The number of fused-ring (bicyclic) bond motifs is 1. The summed E-state index contributed by atoms with van der Waals surface area (Å²) < 4.78 is 0.936. The Balaban J connectivity index is 1.82. The van der Waals surface area contributed by atoms with Crippen LogP contribution in [0.15, 0.2) is 46.9 Å². The van der Waals surface area contributed by atoms with E-state index >= 15 is 0 Å². The highest BCUT2D eigenvalue weighted by Crippen LogP contribution is 2.23. The van der Waals surface area contributed by atoms with Crippen molar-refractivity contribution >= 4 is 33.7 Å². The van der Waals surface area contributed by atoms with Crippen molar-refractivity contribution in [2.24, 2.45) is 0 Å². The van der Waals surface area contributed by atoms with Crippen molar-refractivity contribution < 1.29 is 14.4 Å². The molecule has 5 nitrogen and oxygen atoms in total. The molecular formula is C18H15BrN2O3. The lowest BCUT2D eigenvalue weighted by Crippen LogP contribution is -2.27. The van der Waals surface area contributed by atoms with E-state index in [0.29, 0.717) is 11.1 Å². The van der Waals surface area contributed by atoms with Crippen LogP contribution in [0.3, 0.4) is 0 Å². The molecule has 0 unspecified atom stereocenters. The molecule has 2 aromatic carbocycles. The first-order chi connectivity index (χ1) is 11.4. The number of amides is 3. The third kappa shape index (κ3) is 2.85. The van der Waals surface area contributed by atoms with Crippen molar-refractivity contribution in [1.82, 2.24) is 10.2 Å². The minimum absolute atomic E-state index is 0.191. The Morgan fingerprint density at radius 1 is 1.08 bits per heavy atom. The molecule has 1 aliphatic heterocycles. The van der Waals surface area contributed by atoms with Crippen molar-refractivity contribution in [3.8, 4) is 0 Å². The number of halogens is 1. The number of hydrogen-bond acceptors (Lipinski definition) is 3. The quantitative estimate of drug-likeness (QED) is 0.823. The summed E-state index contributed by atoms with van der Waals surface area (Å²) in [6.45, 7) is 1.88. The van der Waals surface area contributed by atoms with Crippen LogP contribution in [0.4, 0.5) is 0 Å². The first kappa shape index (κ1) is 16.4. The summed E-state index contributed by atoms with van der Waals surface area (Å²) in [5.41, 5.74) is 1.92. The SMILES string of the molecule is C[C@H](NC(=O)c1ccc2c(c1)C(=O)N(C)C2=O)c1cccc(Br)c1. The average molecular weight is 387 g/mol. The van der Waals surface area contributed by atoms with Crippen LogP contribution in [0.25, 0.3) is 0 Å². The molecule has 1 N–H and O–H groups in total. The van der Waals surface area contributed by atoms with Crippen molar-refractivity contribution in [2.45, 2.75) is 13.0 Å². The Hall–Kier alpha value is -2.47. The smallest absolute Gasteiger partial charge is 0.261 e. The number of benzene rings is 2. The summed E-state index contributed by atoms with van der Waals surface area (Å²) in [7, 11) is 1.43. The molecule has 3 rings (SSSR count). The van der Waals surface area contributed by atoms with Gasteiger partial charge in [0.05, 0.1) is 17.2 Å². The van der Waals surface area contributed by atoms with Gasteiger partial charge in [0.2, 0.25) is 0 Å². The molecule has 2 aromatic rings. The van der Waals surface area contributed by atoms with E-state index < -0.39 is 0 Å². The highest BCUT2D eigenvalue weighted by Gasteiger charge is 2.33. The first-order valence-electron chi connectivity index (χ1n) is 7.41. The normalized spacial score (nSPS) is 14.5. The molecular weight excluding hydrogens is 372 g/mol. The van der Waals surface area contributed by atoms with Gasteiger partial charge in [-0.05, 0) is 42.8 Å². The predicted octanol–water partition coefficient (Wildman–Crippen LogP) is 3.17. The summed E-state index contributed by atoms with van der Waals surface area (Å²) in [5.74, 6) is -1.02. The van der Waals surface area contributed by atoms with Crippen LogP contribution in [0, 0.1) is 0 Å². The van der Waals surface area contributed by atoms with Crippen LogP contribution in [0.2, 0.25) is 0 Å². The van der Waals surface area contributed by atoms with Crippen molar-refractivity contribution in [3.63, 3.8) is 0 Å². The molecule has 0 radical (unpaired) electrons. The van der Waals surface area contributed by atoms with Gasteiger partial charge < -0.3 is 5.32 Å².